The lowest BCUT2D eigenvalue weighted by Crippen LogP contribution is -2.61. The van der Waals surface area contributed by atoms with E-state index in [4.69, 9.17) is 10.5 Å². The number of carbonyl (C=O) groups is 1. The molecular weight excluding hydrogens is 484 g/mol. The highest BCUT2D eigenvalue weighted by Crippen LogP contribution is 2.45. The van der Waals surface area contributed by atoms with Crippen molar-refractivity contribution >= 4 is 23.1 Å². The number of amides is 1. The van der Waals surface area contributed by atoms with Crippen molar-refractivity contribution in [1.82, 2.24) is 19.8 Å². The first-order chi connectivity index (χ1) is 17.9. The molecule has 202 valence electrons. The summed E-state index contributed by atoms with van der Waals surface area (Å²) in [5.41, 5.74) is 6.47. The maximum absolute atomic E-state index is 13.1. The van der Waals surface area contributed by atoms with Crippen LogP contribution in [0.4, 0.5) is 5.82 Å². The van der Waals surface area contributed by atoms with E-state index in [1.165, 1.54) is 69.5 Å². The van der Waals surface area contributed by atoms with E-state index in [-0.39, 0.29) is 11.9 Å². The molecule has 1 aliphatic carbocycles. The Kier molecular flexibility index (Phi) is 8.02. The van der Waals surface area contributed by atoms with Gasteiger partial charge in [-0.05, 0) is 89.7 Å². The molecule has 3 fully saturated rings. The second-order valence-electron chi connectivity index (χ2n) is 11.5. The Labute approximate surface area is 225 Å². The number of anilines is 1. The average Bonchev–Trinajstić information content (AvgIpc) is 3.33. The fraction of sp³-hybridized carbons (Fsp3) is 0.679. The SMILES string of the molecule is CCN(C(=O)c1sccc1Oc1cncnc1N1CC2(CCN(CC3CCC(N)CC3)CC2)C1)C(C)C. The molecular formula is C28H42N6O2S. The molecule has 3 aliphatic rings. The Morgan fingerprint density at radius 3 is 2.62 bits per heavy atom. The van der Waals surface area contributed by atoms with Gasteiger partial charge >= 0.3 is 0 Å². The van der Waals surface area contributed by atoms with Crippen LogP contribution in [-0.2, 0) is 0 Å². The summed E-state index contributed by atoms with van der Waals surface area (Å²) in [6.07, 6.45) is 10.7. The summed E-state index contributed by atoms with van der Waals surface area (Å²) >= 11 is 1.42. The summed E-state index contributed by atoms with van der Waals surface area (Å²) in [4.78, 5) is 29.4. The summed E-state index contributed by atoms with van der Waals surface area (Å²) in [6.45, 7) is 12.4. The second-order valence-corrected chi connectivity index (χ2v) is 12.5. The van der Waals surface area contributed by atoms with Gasteiger partial charge in [0.25, 0.3) is 5.91 Å². The lowest BCUT2D eigenvalue weighted by Gasteiger charge is -2.54. The van der Waals surface area contributed by atoms with Gasteiger partial charge in [0.15, 0.2) is 17.3 Å². The number of piperidine rings is 1. The van der Waals surface area contributed by atoms with Gasteiger partial charge in [-0.25, -0.2) is 9.97 Å². The zero-order valence-electron chi connectivity index (χ0n) is 22.6. The van der Waals surface area contributed by atoms with E-state index in [0.29, 0.717) is 34.4 Å². The Balaban J connectivity index is 1.19. The summed E-state index contributed by atoms with van der Waals surface area (Å²) in [7, 11) is 0. The van der Waals surface area contributed by atoms with Gasteiger partial charge in [0, 0.05) is 43.7 Å². The Morgan fingerprint density at radius 2 is 1.95 bits per heavy atom. The highest BCUT2D eigenvalue weighted by molar-refractivity contribution is 7.12. The van der Waals surface area contributed by atoms with E-state index >= 15 is 0 Å². The number of likely N-dealkylation sites (tertiary alicyclic amines) is 1. The Morgan fingerprint density at radius 1 is 1.22 bits per heavy atom. The van der Waals surface area contributed by atoms with Crippen LogP contribution in [0.15, 0.2) is 24.0 Å². The normalized spacial score (nSPS) is 23.8. The number of nitrogens with zero attached hydrogens (tertiary/aromatic N) is 5. The van der Waals surface area contributed by atoms with Crippen LogP contribution in [0.2, 0.25) is 0 Å². The molecule has 1 saturated carbocycles. The first-order valence-electron chi connectivity index (χ1n) is 14.0. The molecule has 0 aromatic carbocycles. The third-order valence-corrected chi connectivity index (χ3v) is 9.49. The monoisotopic (exact) mass is 526 g/mol. The highest BCUT2D eigenvalue weighted by Gasteiger charge is 2.46. The third kappa shape index (κ3) is 5.78. The molecule has 2 aromatic heterocycles. The maximum Gasteiger partial charge on any atom is 0.267 e. The van der Waals surface area contributed by atoms with E-state index in [1.807, 2.05) is 37.1 Å². The number of thiophene rings is 1. The number of nitrogens with two attached hydrogens (primary N) is 1. The maximum atomic E-state index is 13.1. The van der Waals surface area contributed by atoms with Crippen LogP contribution >= 0.6 is 11.3 Å². The molecule has 5 rings (SSSR count). The van der Waals surface area contributed by atoms with E-state index < -0.39 is 0 Å². The summed E-state index contributed by atoms with van der Waals surface area (Å²) < 4.78 is 6.30. The molecule has 1 amide bonds. The number of carbonyl (C=O) groups excluding carboxylic acids is 1. The quantitative estimate of drug-likeness (QED) is 0.537. The van der Waals surface area contributed by atoms with Gasteiger partial charge in [-0.1, -0.05) is 0 Å². The van der Waals surface area contributed by atoms with Crippen molar-refractivity contribution < 1.29 is 9.53 Å². The summed E-state index contributed by atoms with van der Waals surface area (Å²) in [5, 5.41) is 1.91. The zero-order valence-corrected chi connectivity index (χ0v) is 23.4. The second kappa shape index (κ2) is 11.3. The van der Waals surface area contributed by atoms with Crippen LogP contribution in [0.1, 0.15) is 69.0 Å². The van der Waals surface area contributed by atoms with Gasteiger partial charge in [-0.15, -0.1) is 11.3 Å². The van der Waals surface area contributed by atoms with E-state index in [9.17, 15) is 4.79 Å². The molecule has 0 bridgehead atoms. The Hall–Kier alpha value is -2.23. The number of hydrogen-bond donors (Lipinski definition) is 1. The van der Waals surface area contributed by atoms with E-state index in [0.717, 1.165) is 24.8 Å². The summed E-state index contributed by atoms with van der Waals surface area (Å²) in [5.74, 6) is 2.85. The van der Waals surface area contributed by atoms with Crippen molar-refractivity contribution in [2.24, 2.45) is 17.1 Å². The van der Waals surface area contributed by atoms with Crippen molar-refractivity contribution in [3.63, 3.8) is 0 Å². The van der Waals surface area contributed by atoms with Gasteiger partial charge in [0.1, 0.15) is 11.2 Å². The molecule has 9 heteroatoms. The predicted molar refractivity (Wildman–Crippen MR) is 149 cm³/mol. The lowest BCUT2D eigenvalue weighted by molar-refractivity contribution is 0.0620. The molecule has 2 saturated heterocycles. The van der Waals surface area contributed by atoms with Crippen molar-refractivity contribution in [1.29, 1.82) is 0 Å². The minimum atomic E-state index is 0.00614. The van der Waals surface area contributed by atoms with Gasteiger partial charge in [0.2, 0.25) is 0 Å². The van der Waals surface area contributed by atoms with Crippen molar-refractivity contribution in [2.45, 2.75) is 71.4 Å². The largest absolute Gasteiger partial charge is 0.450 e. The number of rotatable bonds is 8. The average molecular weight is 527 g/mol. The predicted octanol–water partition coefficient (Wildman–Crippen LogP) is 4.62. The van der Waals surface area contributed by atoms with Crippen LogP contribution < -0.4 is 15.4 Å². The van der Waals surface area contributed by atoms with Gasteiger partial charge in [-0.2, -0.15) is 0 Å². The van der Waals surface area contributed by atoms with Gasteiger partial charge in [-0.3, -0.25) is 4.79 Å². The molecule has 2 N–H and O–H groups in total. The molecule has 2 aromatic rings. The number of aromatic nitrogens is 2. The molecule has 37 heavy (non-hydrogen) atoms. The number of ether oxygens (including phenoxy) is 1. The lowest BCUT2D eigenvalue weighted by atomic mass is 9.71. The Bertz CT molecular complexity index is 1050. The smallest absolute Gasteiger partial charge is 0.267 e. The zero-order chi connectivity index (χ0) is 26.0. The molecule has 4 heterocycles. The molecule has 8 nitrogen and oxygen atoms in total. The van der Waals surface area contributed by atoms with Crippen LogP contribution in [0.3, 0.4) is 0 Å². The standard InChI is InChI=1S/C28H42N6O2S/c1-4-34(20(2)3)27(35)25-23(9-14-37-25)36-24-15-30-19-31-26(24)33-17-28(18-33)10-12-32(13-11-28)16-21-5-7-22(29)8-6-21/h9,14-15,19-22H,4-8,10-13,16-18,29H2,1-3H3. The molecule has 0 unspecified atom stereocenters. The molecule has 1 spiro atoms. The highest BCUT2D eigenvalue weighted by atomic mass is 32.1. The fourth-order valence-corrected chi connectivity index (χ4v) is 7.09. The van der Waals surface area contributed by atoms with Crippen LogP contribution in [0.25, 0.3) is 0 Å². The molecule has 2 aliphatic heterocycles. The molecule has 0 radical (unpaired) electrons. The van der Waals surface area contributed by atoms with Gasteiger partial charge < -0.3 is 25.2 Å². The third-order valence-electron chi connectivity index (χ3n) is 8.60. The topological polar surface area (TPSA) is 87.8 Å². The van der Waals surface area contributed by atoms with E-state index in [1.54, 1.807) is 12.5 Å². The van der Waals surface area contributed by atoms with Crippen LogP contribution in [0.5, 0.6) is 11.5 Å². The summed E-state index contributed by atoms with van der Waals surface area (Å²) in [6, 6.07) is 2.43. The van der Waals surface area contributed by atoms with Crippen LogP contribution in [0, 0.1) is 11.3 Å². The van der Waals surface area contributed by atoms with Gasteiger partial charge in [0.05, 0.1) is 6.20 Å². The van der Waals surface area contributed by atoms with Crippen LogP contribution in [-0.4, -0.2) is 77.0 Å². The fourth-order valence-electron chi connectivity index (χ4n) is 6.32. The minimum absolute atomic E-state index is 0.00614. The number of hydrogen-bond acceptors (Lipinski definition) is 8. The van der Waals surface area contributed by atoms with E-state index in [2.05, 4.69) is 19.8 Å². The minimum Gasteiger partial charge on any atom is -0.450 e. The van der Waals surface area contributed by atoms with Crippen molar-refractivity contribution in [3.05, 3.63) is 28.8 Å². The van der Waals surface area contributed by atoms with Crippen molar-refractivity contribution in [2.75, 3.05) is 44.2 Å². The first kappa shape index (κ1) is 26.4. The first-order valence-corrected chi connectivity index (χ1v) is 14.8. The van der Waals surface area contributed by atoms with Crippen molar-refractivity contribution in [3.8, 4) is 11.5 Å². The molecule has 0 atom stereocenters.